The summed E-state index contributed by atoms with van der Waals surface area (Å²) in [6.07, 6.45) is -0.750. The number of hydrogen-bond donors (Lipinski definition) is 3. The lowest BCUT2D eigenvalue weighted by molar-refractivity contribution is -0.155. The summed E-state index contributed by atoms with van der Waals surface area (Å²) < 4.78 is 28.4. The van der Waals surface area contributed by atoms with Gasteiger partial charge in [-0.25, -0.2) is 10.4 Å². The molecule has 0 aromatic heterocycles. The highest BCUT2D eigenvalue weighted by Crippen LogP contribution is 2.45. The number of aliphatic imine (C=N–C) groups is 1. The van der Waals surface area contributed by atoms with Crippen molar-refractivity contribution < 1.29 is 38.4 Å². The number of hydrogen-bond acceptors (Lipinski definition) is 10. The van der Waals surface area contributed by atoms with Crippen molar-refractivity contribution in [3.8, 4) is 17.2 Å². The number of benzene rings is 3. The van der Waals surface area contributed by atoms with Crippen LogP contribution in [0, 0.1) is 0 Å². The van der Waals surface area contributed by atoms with Gasteiger partial charge in [0.15, 0.2) is 23.1 Å². The van der Waals surface area contributed by atoms with Crippen molar-refractivity contribution in [1.29, 1.82) is 0 Å². The summed E-state index contributed by atoms with van der Waals surface area (Å²) in [5.74, 6) is 0.827. The van der Waals surface area contributed by atoms with Crippen LogP contribution in [0.3, 0.4) is 0 Å². The molecular formula is C35H41Cl2N3O8. The molecule has 3 aromatic carbocycles. The van der Waals surface area contributed by atoms with Crippen molar-refractivity contribution in [3.05, 3.63) is 87.4 Å². The van der Waals surface area contributed by atoms with Gasteiger partial charge in [-0.05, 0) is 81.3 Å². The highest BCUT2D eigenvalue weighted by molar-refractivity contribution is 6.35. The molecule has 2 atom stereocenters. The molecule has 3 aromatic rings. The van der Waals surface area contributed by atoms with Crippen molar-refractivity contribution in [2.75, 3.05) is 27.4 Å². The summed E-state index contributed by atoms with van der Waals surface area (Å²) in [6, 6.07) is 17.3. The third-order valence-corrected chi connectivity index (χ3v) is 7.91. The molecule has 0 fully saturated rings. The van der Waals surface area contributed by atoms with Crippen LogP contribution in [-0.2, 0) is 25.6 Å². The fraction of sp³-hybridized carbons (Fsp3) is 0.400. The van der Waals surface area contributed by atoms with Crippen molar-refractivity contribution in [3.63, 3.8) is 0 Å². The minimum absolute atomic E-state index is 0.0218. The summed E-state index contributed by atoms with van der Waals surface area (Å²) in [6.45, 7) is 5.92. The van der Waals surface area contributed by atoms with E-state index in [1.165, 1.54) is 0 Å². The third kappa shape index (κ3) is 9.31. The number of halogens is 2. The van der Waals surface area contributed by atoms with Crippen LogP contribution in [0.15, 0.2) is 65.7 Å². The molecule has 3 N–H and O–H groups in total. The maximum atomic E-state index is 14.4. The van der Waals surface area contributed by atoms with E-state index in [-0.39, 0.29) is 36.9 Å². The number of esters is 1. The largest absolute Gasteiger partial charge is 0.494 e. The Morgan fingerprint density at radius 1 is 1.00 bits per heavy atom. The minimum atomic E-state index is -1.66. The number of aliphatic hydroxyl groups is 1. The number of carbonyl (C=O) groups is 2. The topological polar surface area (TPSA) is 137 Å². The second-order valence-corrected chi connectivity index (χ2v) is 12.9. The van der Waals surface area contributed by atoms with E-state index < -0.39 is 29.1 Å². The first-order valence-electron chi connectivity index (χ1n) is 15.4. The van der Waals surface area contributed by atoms with Gasteiger partial charge in [0.05, 0.1) is 20.8 Å². The zero-order valence-corrected chi connectivity index (χ0v) is 29.1. The normalized spacial score (nSPS) is 17.2. The average molecular weight is 703 g/mol. The molecule has 0 radical (unpaired) electrons. The first-order chi connectivity index (χ1) is 22.9. The SMILES string of the molecule is COc1ccc(CNNC(=O)[C@@]2(CCC(=O)OC(C)(C)C)N=C(c3ccc(OCCCO)cc3)O[C@H]2c2ccc(Cl)cc2Cl)cc1OC. The fourth-order valence-electron chi connectivity index (χ4n) is 5.07. The van der Waals surface area contributed by atoms with Gasteiger partial charge in [-0.15, -0.1) is 0 Å². The maximum absolute atomic E-state index is 14.4. The molecule has 1 amide bonds. The summed E-state index contributed by atoms with van der Waals surface area (Å²) in [4.78, 5) is 32.2. The molecule has 1 aliphatic heterocycles. The predicted molar refractivity (Wildman–Crippen MR) is 183 cm³/mol. The van der Waals surface area contributed by atoms with Crippen LogP contribution in [-0.4, -0.2) is 61.5 Å². The van der Waals surface area contributed by atoms with E-state index in [0.29, 0.717) is 46.4 Å². The van der Waals surface area contributed by atoms with Crippen molar-refractivity contribution in [1.82, 2.24) is 10.9 Å². The molecule has 0 saturated heterocycles. The molecule has 0 aliphatic carbocycles. The first-order valence-corrected chi connectivity index (χ1v) is 16.2. The number of methoxy groups -OCH3 is 2. The van der Waals surface area contributed by atoms with Crippen molar-refractivity contribution in [2.45, 2.75) is 63.8 Å². The summed E-state index contributed by atoms with van der Waals surface area (Å²) >= 11 is 12.9. The second kappa shape index (κ2) is 16.4. The molecule has 13 heteroatoms. The van der Waals surface area contributed by atoms with Crippen LogP contribution in [0.1, 0.15) is 62.8 Å². The van der Waals surface area contributed by atoms with Crippen LogP contribution in [0.25, 0.3) is 0 Å². The highest BCUT2D eigenvalue weighted by Gasteiger charge is 2.54. The lowest BCUT2D eigenvalue weighted by atomic mass is 9.83. The van der Waals surface area contributed by atoms with E-state index in [0.717, 1.165) is 5.56 Å². The second-order valence-electron chi connectivity index (χ2n) is 12.0. The number of ether oxygens (including phenoxy) is 5. The zero-order valence-electron chi connectivity index (χ0n) is 27.6. The Balaban J connectivity index is 1.70. The Bertz CT molecular complexity index is 1610. The number of hydrazine groups is 1. The van der Waals surface area contributed by atoms with Crippen LogP contribution in [0.5, 0.6) is 17.2 Å². The van der Waals surface area contributed by atoms with E-state index in [9.17, 15) is 9.59 Å². The molecule has 0 spiro atoms. The van der Waals surface area contributed by atoms with Crippen LogP contribution < -0.4 is 25.1 Å². The Morgan fingerprint density at radius 2 is 1.73 bits per heavy atom. The molecule has 0 bridgehead atoms. The van der Waals surface area contributed by atoms with E-state index in [1.54, 1.807) is 89.6 Å². The highest BCUT2D eigenvalue weighted by atomic mass is 35.5. The Morgan fingerprint density at radius 3 is 2.38 bits per heavy atom. The molecule has 1 aliphatic rings. The molecule has 0 unspecified atom stereocenters. The van der Waals surface area contributed by atoms with E-state index in [2.05, 4.69) is 10.9 Å². The third-order valence-electron chi connectivity index (χ3n) is 7.35. The maximum Gasteiger partial charge on any atom is 0.306 e. The quantitative estimate of drug-likeness (QED) is 0.0994. The van der Waals surface area contributed by atoms with Crippen molar-refractivity contribution >= 4 is 41.0 Å². The van der Waals surface area contributed by atoms with Gasteiger partial charge in [-0.2, -0.15) is 0 Å². The standard InChI is InChI=1S/C35H41Cl2N3O8/c1-34(2,3)48-30(42)15-16-35(33(43)40-38-21-22-7-14-28(44-4)29(19-22)45-5)31(26-13-10-24(36)20-27(26)37)47-32(39-35)23-8-11-25(12-9-23)46-18-6-17-41/h7-14,19-20,31,38,41H,6,15-18,21H2,1-5H3,(H,40,43)/t31-,35-/m0/s1. The Kier molecular flexibility index (Phi) is 12.6. The van der Waals surface area contributed by atoms with E-state index in [1.807, 2.05) is 6.07 Å². The minimum Gasteiger partial charge on any atom is -0.494 e. The number of amides is 1. The van der Waals surface area contributed by atoms with Gasteiger partial charge < -0.3 is 28.8 Å². The molecule has 0 saturated carbocycles. The monoisotopic (exact) mass is 701 g/mol. The molecular weight excluding hydrogens is 661 g/mol. The average Bonchev–Trinajstić information content (AvgIpc) is 3.44. The smallest absolute Gasteiger partial charge is 0.306 e. The lowest BCUT2D eigenvalue weighted by Crippen LogP contribution is -2.52. The molecule has 258 valence electrons. The van der Waals surface area contributed by atoms with E-state index in [4.69, 9.17) is 57.0 Å². The summed E-state index contributed by atoms with van der Waals surface area (Å²) in [5.41, 5.74) is 5.21. The van der Waals surface area contributed by atoms with Gasteiger partial charge in [0.2, 0.25) is 5.90 Å². The van der Waals surface area contributed by atoms with Gasteiger partial charge in [0, 0.05) is 47.2 Å². The van der Waals surface area contributed by atoms with Gasteiger partial charge in [0.1, 0.15) is 11.4 Å². The number of nitrogens with zero attached hydrogens (tertiary/aromatic N) is 1. The van der Waals surface area contributed by atoms with Gasteiger partial charge >= 0.3 is 5.97 Å². The van der Waals surface area contributed by atoms with Crippen molar-refractivity contribution in [2.24, 2.45) is 4.99 Å². The van der Waals surface area contributed by atoms with E-state index >= 15 is 0 Å². The molecule has 4 rings (SSSR count). The Labute approximate surface area is 290 Å². The molecule has 48 heavy (non-hydrogen) atoms. The number of carbonyl (C=O) groups excluding carboxylic acids is 2. The number of rotatable bonds is 15. The fourth-order valence-corrected chi connectivity index (χ4v) is 5.58. The molecule has 11 nitrogen and oxygen atoms in total. The number of aliphatic hydroxyl groups excluding tert-OH is 1. The Hall–Kier alpha value is -4.03. The van der Waals surface area contributed by atoms with Crippen LogP contribution in [0.2, 0.25) is 10.0 Å². The number of nitrogens with one attached hydrogen (secondary N) is 2. The first kappa shape index (κ1) is 36.8. The predicted octanol–water partition coefficient (Wildman–Crippen LogP) is 5.97. The van der Waals surface area contributed by atoms with Gasteiger partial charge in [-0.3, -0.25) is 15.0 Å². The van der Waals surface area contributed by atoms with Crippen LogP contribution >= 0.6 is 23.2 Å². The van der Waals surface area contributed by atoms with Gasteiger partial charge in [0.25, 0.3) is 5.91 Å². The summed E-state index contributed by atoms with van der Waals surface area (Å²) in [5, 5.41) is 9.73. The van der Waals surface area contributed by atoms with Gasteiger partial charge in [-0.1, -0.05) is 35.3 Å². The van der Waals surface area contributed by atoms with Crippen LogP contribution in [0.4, 0.5) is 0 Å². The molecule has 1 heterocycles. The lowest BCUT2D eigenvalue weighted by Gasteiger charge is -2.31. The summed E-state index contributed by atoms with van der Waals surface area (Å²) in [7, 11) is 3.09. The zero-order chi connectivity index (χ0) is 34.9.